The van der Waals surface area contributed by atoms with Gasteiger partial charge in [0.25, 0.3) is 0 Å². The Morgan fingerprint density at radius 1 is 1.29 bits per heavy atom. The lowest BCUT2D eigenvalue weighted by Gasteiger charge is -2.16. The molecule has 1 N–H and O–H groups in total. The summed E-state index contributed by atoms with van der Waals surface area (Å²) in [6.07, 6.45) is 3.40. The average Bonchev–Trinajstić information content (AvgIpc) is 2.23. The molecule has 0 radical (unpaired) electrons. The molecule has 1 aromatic rings. The Kier molecular flexibility index (Phi) is 5.43. The molecule has 1 heteroatoms. The molecule has 1 nitrogen and oxygen atoms in total. The number of nitrogens with one attached hydrogen (secondary N) is 1. The van der Waals surface area contributed by atoms with Crippen LogP contribution in [0, 0.1) is 13.8 Å². The van der Waals surface area contributed by atoms with Gasteiger partial charge in [-0.05, 0) is 51.8 Å². The van der Waals surface area contributed by atoms with Gasteiger partial charge in [-0.1, -0.05) is 42.3 Å². The van der Waals surface area contributed by atoms with E-state index >= 15 is 0 Å². The van der Waals surface area contributed by atoms with Crippen molar-refractivity contribution >= 4 is 0 Å². The minimum Gasteiger partial charge on any atom is -0.310 e. The molecule has 0 saturated heterocycles. The van der Waals surface area contributed by atoms with E-state index in [0.717, 1.165) is 13.0 Å². The Labute approximate surface area is 106 Å². The van der Waals surface area contributed by atoms with Crippen LogP contribution in [0.2, 0.25) is 0 Å². The summed E-state index contributed by atoms with van der Waals surface area (Å²) in [5.41, 5.74) is 5.56. The van der Waals surface area contributed by atoms with Gasteiger partial charge < -0.3 is 5.32 Å². The highest BCUT2D eigenvalue weighted by Gasteiger charge is 2.07. The highest BCUT2D eigenvalue weighted by Crippen LogP contribution is 2.14. The molecule has 0 saturated carbocycles. The fourth-order valence-corrected chi connectivity index (χ4v) is 2.11. The number of hydrogen-bond donors (Lipinski definition) is 1. The van der Waals surface area contributed by atoms with Crippen molar-refractivity contribution in [3.63, 3.8) is 0 Å². The summed E-state index contributed by atoms with van der Waals surface area (Å²) in [6.45, 7) is 11.8. The minimum atomic E-state index is 0.450. The third-order valence-electron chi connectivity index (χ3n) is 2.95. The lowest BCUT2D eigenvalue weighted by atomic mass is 9.98. The van der Waals surface area contributed by atoms with Crippen LogP contribution < -0.4 is 5.32 Å². The van der Waals surface area contributed by atoms with Gasteiger partial charge >= 0.3 is 0 Å². The largest absolute Gasteiger partial charge is 0.310 e. The first kappa shape index (κ1) is 14.0. The average molecular weight is 231 g/mol. The molecule has 17 heavy (non-hydrogen) atoms. The second kappa shape index (κ2) is 6.61. The normalized spacial score (nSPS) is 12.3. The van der Waals surface area contributed by atoms with Gasteiger partial charge in [0.1, 0.15) is 0 Å². The second-order valence-corrected chi connectivity index (χ2v) is 5.04. The van der Waals surface area contributed by atoms with Crippen LogP contribution in [0.15, 0.2) is 29.8 Å². The summed E-state index contributed by atoms with van der Waals surface area (Å²) in [5.74, 6) is 0. The van der Waals surface area contributed by atoms with E-state index in [-0.39, 0.29) is 0 Å². The molecule has 1 atom stereocenters. The molecule has 0 spiro atoms. The third-order valence-corrected chi connectivity index (χ3v) is 2.95. The summed E-state index contributed by atoms with van der Waals surface area (Å²) in [7, 11) is 0. The summed E-state index contributed by atoms with van der Waals surface area (Å²) < 4.78 is 0. The zero-order valence-corrected chi connectivity index (χ0v) is 11.8. The maximum atomic E-state index is 3.53. The Morgan fingerprint density at radius 2 is 2.00 bits per heavy atom. The van der Waals surface area contributed by atoms with E-state index in [2.05, 4.69) is 64.2 Å². The monoisotopic (exact) mass is 231 g/mol. The topological polar surface area (TPSA) is 12.0 Å². The summed E-state index contributed by atoms with van der Waals surface area (Å²) in [5, 5.41) is 3.53. The van der Waals surface area contributed by atoms with Crippen molar-refractivity contribution in [1.29, 1.82) is 0 Å². The third kappa shape index (κ3) is 4.74. The van der Waals surface area contributed by atoms with Crippen molar-refractivity contribution in [1.82, 2.24) is 5.32 Å². The van der Waals surface area contributed by atoms with Gasteiger partial charge in [-0.2, -0.15) is 0 Å². The molecule has 0 bridgehead atoms. The Balaban J connectivity index is 2.85. The van der Waals surface area contributed by atoms with Gasteiger partial charge in [0.2, 0.25) is 0 Å². The fraction of sp³-hybridized carbons (Fsp3) is 0.500. The molecule has 0 aliphatic carbocycles. The zero-order valence-electron chi connectivity index (χ0n) is 11.8. The molecule has 0 aromatic heterocycles. The van der Waals surface area contributed by atoms with Crippen LogP contribution in [0.5, 0.6) is 0 Å². The molecule has 1 rings (SSSR count). The lowest BCUT2D eigenvalue weighted by Crippen LogP contribution is -2.29. The zero-order chi connectivity index (χ0) is 12.8. The van der Waals surface area contributed by atoms with Crippen LogP contribution in [-0.4, -0.2) is 12.6 Å². The van der Waals surface area contributed by atoms with Gasteiger partial charge in [0, 0.05) is 6.04 Å². The smallest absolute Gasteiger partial charge is 0.0292 e. The summed E-state index contributed by atoms with van der Waals surface area (Å²) in [4.78, 5) is 0. The SMILES string of the molecule is CCNC(C=C(C)C)Cc1cc(C)ccc1C. The van der Waals surface area contributed by atoms with Crippen LogP contribution in [0.1, 0.15) is 37.5 Å². The molecule has 94 valence electrons. The van der Waals surface area contributed by atoms with Gasteiger partial charge in [0.15, 0.2) is 0 Å². The number of hydrogen-bond acceptors (Lipinski definition) is 1. The highest BCUT2D eigenvalue weighted by atomic mass is 14.9. The molecule has 0 amide bonds. The van der Waals surface area contributed by atoms with E-state index < -0.39 is 0 Å². The predicted octanol–water partition coefficient (Wildman–Crippen LogP) is 3.79. The first-order chi connectivity index (χ1) is 8.02. The van der Waals surface area contributed by atoms with E-state index in [1.165, 1.54) is 22.3 Å². The van der Waals surface area contributed by atoms with Crippen molar-refractivity contribution in [3.05, 3.63) is 46.5 Å². The van der Waals surface area contributed by atoms with E-state index in [9.17, 15) is 0 Å². The first-order valence-electron chi connectivity index (χ1n) is 6.47. The van der Waals surface area contributed by atoms with Gasteiger partial charge in [-0.25, -0.2) is 0 Å². The van der Waals surface area contributed by atoms with E-state index in [4.69, 9.17) is 0 Å². The lowest BCUT2D eigenvalue weighted by molar-refractivity contribution is 0.608. The van der Waals surface area contributed by atoms with Gasteiger partial charge in [-0.15, -0.1) is 0 Å². The molecule has 0 heterocycles. The van der Waals surface area contributed by atoms with E-state index in [1.807, 2.05) is 0 Å². The van der Waals surface area contributed by atoms with Crippen molar-refractivity contribution in [2.45, 2.75) is 47.1 Å². The molecular formula is C16H25N. The van der Waals surface area contributed by atoms with Crippen LogP contribution in [-0.2, 0) is 6.42 Å². The quantitative estimate of drug-likeness (QED) is 0.760. The highest BCUT2D eigenvalue weighted by molar-refractivity contribution is 5.31. The number of likely N-dealkylation sites (N-methyl/N-ethyl adjacent to an activating group) is 1. The number of allylic oxidation sites excluding steroid dienone is 1. The van der Waals surface area contributed by atoms with Crippen LogP contribution in [0.3, 0.4) is 0 Å². The molecule has 0 aliphatic rings. The fourth-order valence-electron chi connectivity index (χ4n) is 2.11. The van der Waals surface area contributed by atoms with Crippen molar-refractivity contribution in [2.24, 2.45) is 0 Å². The number of aryl methyl sites for hydroxylation is 2. The predicted molar refractivity (Wildman–Crippen MR) is 76.5 cm³/mol. The summed E-state index contributed by atoms with van der Waals surface area (Å²) in [6, 6.07) is 7.15. The van der Waals surface area contributed by atoms with E-state index in [0.29, 0.717) is 6.04 Å². The van der Waals surface area contributed by atoms with Crippen LogP contribution in [0.25, 0.3) is 0 Å². The first-order valence-corrected chi connectivity index (χ1v) is 6.47. The van der Waals surface area contributed by atoms with Gasteiger partial charge in [0.05, 0.1) is 0 Å². The Hall–Kier alpha value is -1.08. The standard InChI is InChI=1S/C16H25N/c1-6-17-16(9-12(2)3)11-15-10-13(4)7-8-14(15)5/h7-10,16-17H,6,11H2,1-5H3. The van der Waals surface area contributed by atoms with Crippen molar-refractivity contribution in [3.8, 4) is 0 Å². The van der Waals surface area contributed by atoms with Crippen LogP contribution in [0.4, 0.5) is 0 Å². The van der Waals surface area contributed by atoms with Crippen molar-refractivity contribution < 1.29 is 0 Å². The molecule has 0 fully saturated rings. The van der Waals surface area contributed by atoms with Crippen molar-refractivity contribution in [2.75, 3.05) is 6.54 Å². The Morgan fingerprint density at radius 3 is 2.59 bits per heavy atom. The molecule has 1 aromatic carbocycles. The molecule has 1 unspecified atom stereocenters. The van der Waals surface area contributed by atoms with Crippen LogP contribution >= 0.6 is 0 Å². The number of benzene rings is 1. The second-order valence-electron chi connectivity index (χ2n) is 5.04. The molecule has 0 aliphatic heterocycles. The molecular weight excluding hydrogens is 206 g/mol. The maximum absolute atomic E-state index is 3.53. The maximum Gasteiger partial charge on any atom is 0.0292 e. The van der Waals surface area contributed by atoms with Gasteiger partial charge in [-0.3, -0.25) is 0 Å². The number of rotatable bonds is 5. The Bertz CT molecular complexity index is 387. The van der Waals surface area contributed by atoms with E-state index in [1.54, 1.807) is 0 Å². The summed E-state index contributed by atoms with van der Waals surface area (Å²) >= 11 is 0. The minimum absolute atomic E-state index is 0.450.